The van der Waals surface area contributed by atoms with Crippen molar-refractivity contribution in [2.75, 3.05) is 26.1 Å². The van der Waals surface area contributed by atoms with Crippen molar-refractivity contribution in [1.29, 1.82) is 0 Å². The Bertz CT molecular complexity index is 587. The van der Waals surface area contributed by atoms with Crippen molar-refractivity contribution in [2.45, 2.75) is 6.10 Å². The fourth-order valence-corrected chi connectivity index (χ4v) is 1.96. The first-order valence-electron chi connectivity index (χ1n) is 6.53. The molecule has 5 heteroatoms. The van der Waals surface area contributed by atoms with Gasteiger partial charge in [0.1, 0.15) is 5.82 Å². The lowest BCUT2D eigenvalue weighted by Gasteiger charge is -2.15. The second-order valence-electron chi connectivity index (χ2n) is 4.52. The van der Waals surface area contributed by atoms with Crippen molar-refractivity contribution in [3.8, 4) is 11.5 Å². The number of aliphatic hydroxyl groups is 1. The van der Waals surface area contributed by atoms with Crippen LogP contribution in [-0.4, -0.2) is 25.9 Å². The molecule has 2 rings (SSSR count). The smallest absolute Gasteiger partial charge is 0.161 e. The molecule has 2 aromatic carbocycles. The van der Waals surface area contributed by atoms with Crippen LogP contribution in [0.1, 0.15) is 11.7 Å². The first-order chi connectivity index (χ1) is 10.1. The second-order valence-corrected chi connectivity index (χ2v) is 4.52. The molecule has 0 bridgehead atoms. The maximum atomic E-state index is 12.8. The van der Waals surface area contributed by atoms with Gasteiger partial charge in [-0.25, -0.2) is 4.39 Å². The van der Waals surface area contributed by atoms with Crippen molar-refractivity contribution >= 4 is 5.69 Å². The lowest BCUT2D eigenvalue weighted by Crippen LogP contribution is -2.12. The molecule has 0 amide bonds. The largest absolute Gasteiger partial charge is 0.493 e. The van der Waals surface area contributed by atoms with Crippen LogP contribution >= 0.6 is 0 Å². The lowest BCUT2D eigenvalue weighted by molar-refractivity contribution is 0.191. The third-order valence-corrected chi connectivity index (χ3v) is 3.14. The molecule has 0 saturated heterocycles. The van der Waals surface area contributed by atoms with E-state index in [4.69, 9.17) is 9.47 Å². The zero-order valence-corrected chi connectivity index (χ0v) is 12.0. The third-order valence-electron chi connectivity index (χ3n) is 3.14. The summed E-state index contributed by atoms with van der Waals surface area (Å²) >= 11 is 0. The molecule has 2 aromatic rings. The van der Waals surface area contributed by atoms with E-state index < -0.39 is 6.10 Å². The van der Waals surface area contributed by atoms with Crippen LogP contribution in [0.5, 0.6) is 11.5 Å². The second kappa shape index (κ2) is 6.95. The molecule has 112 valence electrons. The summed E-state index contributed by atoms with van der Waals surface area (Å²) in [6.07, 6.45) is -0.713. The standard InChI is InChI=1S/C16H18FNO3/c1-20-15-8-3-11(9-16(15)21-2)14(19)10-18-13-6-4-12(17)5-7-13/h3-9,14,18-19H,10H2,1-2H3. The molecule has 0 heterocycles. The first-order valence-corrected chi connectivity index (χ1v) is 6.53. The highest BCUT2D eigenvalue weighted by Gasteiger charge is 2.11. The molecule has 0 aliphatic heterocycles. The molecular formula is C16H18FNO3. The molecule has 0 spiro atoms. The summed E-state index contributed by atoms with van der Waals surface area (Å²) in [5.41, 5.74) is 1.46. The van der Waals surface area contributed by atoms with Gasteiger partial charge in [0.05, 0.1) is 20.3 Å². The number of rotatable bonds is 6. The summed E-state index contributed by atoms with van der Waals surface area (Å²) in [6.45, 7) is 0.307. The zero-order chi connectivity index (χ0) is 15.2. The quantitative estimate of drug-likeness (QED) is 0.859. The van der Waals surface area contributed by atoms with E-state index in [0.717, 1.165) is 5.69 Å². The van der Waals surface area contributed by atoms with Gasteiger partial charge in [-0.05, 0) is 42.0 Å². The predicted molar refractivity (Wildman–Crippen MR) is 79.4 cm³/mol. The molecule has 0 aliphatic carbocycles. The van der Waals surface area contributed by atoms with E-state index in [1.165, 1.54) is 12.1 Å². The Balaban J connectivity index is 2.02. The summed E-state index contributed by atoms with van der Waals surface area (Å²) in [6, 6.07) is 11.2. The number of methoxy groups -OCH3 is 2. The molecular weight excluding hydrogens is 273 g/mol. The Morgan fingerprint density at radius 3 is 2.33 bits per heavy atom. The number of benzene rings is 2. The highest BCUT2D eigenvalue weighted by atomic mass is 19.1. The topological polar surface area (TPSA) is 50.7 Å². The van der Waals surface area contributed by atoms with Crippen LogP contribution in [-0.2, 0) is 0 Å². The molecule has 0 radical (unpaired) electrons. The van der Waals surface area contributed by atoms with Crippen LogP contribution in [0.25, 0.3) is 0 Å². The minimum Gasteiger partial charge on any atom is -0.493 e. The van der Waals surface area contributed by atoms with Gasteiger partial charge >= 0.3 is 0 Å². The van der Waals surface area contributed by atoms with Crippen LogP contribution in [0.4, 0.5) is 10.1 Å². The van der Waals surface area contributed by atoms with E-state index in [0.29, 0.717) is 23.6 Å². The Hall–Kier alpha value is -2.27. The summed E-state index contributed by atoms with van der Waals surface area (Å²) < 4.78 is 23.2. The number of hydrogen-bond donors (Lipinski definition) is 2. The summed E-state index contributed by atoms with van der Waals surface area (Å²) in [5.74, 6) is 0.886. The van der Waals surface area contributed by atoms with Gasteiger partial charge in [-0.1, -0.05) is 6.07 Å². The fourth-order valence-electron chi connectivity index (χ4n) is 1.96. The summed E-state index contributed by atoms with van der Waals surface area (Å²) in [7, 11) is 3.11. The average Bonchev–Trinajstić information content (AvgIpc) is 2.53. The zero-order valence-electron chi connectivity index (χ0n) is 12.0. The van der Waals surface area contributed by atoms with Crippen LogP contribution < -0.4 is 14.8 Å². The minimum atomic E-state index is -0.713. The molecule has 0 aromatic heterocycles. The van der Waals surface area contributed by atoms with Gasteiger partial charge in [-0.15, -0.1) is 0 Å². The average molecular weight is 291 g/mol. The third kappa shape index (κ3) is 3.86. The summed E-state index contributed by atoms with van der Waals surface area (Å²) in [5, 5.41) is 13.2. The van der Waals surface area contributed by atoms with E-state index in [2.05, 4.69) is 5.32 Å². The molecule has 0 aliphatic rings. The van der Waals surface area contributed by atoms with Crippen LogP contribution in [0.3, 0.4) is 0 Å². The van der Waals surface area contributed by atoms with Gasteiger partial charge in [-0.3, -0.25) is 0 Å². The number of anilines is 1. The van der Waals surface area contributed by atoms with Crippen LogP contribution in [0.2, 0.25) is 0 Å². The van der Waals surface area contributed by atoms with Gasteiger partial charge < -0.3 is 19.9 Å². The molecule has 4 nitrogen and oxygen atoms in total. The van der Waals surface area contributed by atoms with E-state index in [9.17, 15) is 9.50 Å². The maximum absolute atomic E-state index is 12.8. The van der Waals surface area contributed by atoms with Gasteiger partial charge in [0.2, 0.25) is 0 Å². The van der Waals surface area contributed by atoms with E-state index in [1.54, 1.807) is 44.6 Å². The predicted octanol–water partition coefficient (Wildman–Crippen LogP) is 2.99. The summed E-state index contributed by atoms with van der Waals surface area (Å²) in [4.78, 5) is 0. The highest BCUT2D eigenvalue weighted by molar-refractivity contribution is 5.45. The van der Waals surface area contributed by atoms with Gasteiger partial charge in [0.15, 0.2) is 11.5 Å². The number of hydrogen-bond acceptors (Lipinski definition) is 4. The highest BCUT2D eigenvalue weighted by Crippen LogP contribution is 2.30. The number of nitrogens with one attached hydrogen (secondary N) is 1. The van der Waals surface area contributed by atoms with Crippen molar-refractivity contribution < 1.29 is 19.0 Å². The Labute approximate surface area is 123 Å². The maximum Gasteiger partial charge on any atom is 0.161 e. The van der Waals surface area contributed by atoms with Crippen molar-refractivity contribution in [1.82, 2.24) is 0 Å². The minimum absolute atomic E-state index is 0.291. The molecule has 21 heavy (non-hydrogen) atoms. The number of aliphatic hydroxyl groups excluding tert-OH is 1. The monoisotopic (exact) mass is 291 g/mol. The van der Waals surface area contributed by atoms with E-state index in [-0.39, 0.29) is 5.82 Å². The van der Waals surface area contributed by atoms with Crippen molar-refractivity contribution in [3.05, 3.63) is 53.8 Å². The molecule has 1 unspecified atom stereocenters. The lowest BCUT2D eigenvalue weighted by atomic mass is 10.1. The van der Waals surface area contributed by atoms with Crippen LogP contribution in [0, 0.1) is 5.82 Å². The van der Waals surface area contributed by atoms with Gasteiger partial charge in [0, 0.05) is 12.2 Å². The molecule has 1 atom stereocenters. The van der Waals surface area contributed by atoms with Crippen LogP contribution in [0.15, 0.2) is 42.5 Å². The van der Waals surface area contributed by atoms with E-state index in [1.807, 2.05) is 0 Å². The van der Waals surface area contributed by atoms with Gasteiger partial charge in [0.25, 0.3) is 0 Å². The molecule has 2 N–H and O–H groups in total. The van der Waals surface area contributed by atoms with Crippen molar-refractivity contribution in [3.63, 3.8) is 0 Å². The Morgan fingerprint density at radius 1 is 1.05 bits per heavy atom. The number of ether oxygens (including phenoxy) is 2. The fraction of sp³-hybridized carbons (Fsp3) is 0.250. The number of halogens is 1. The van der Waals surface area contributed by atoms with E-state index >= 15 is 0 Å². The molecule has 0 fully saturated rings. The SMILES string of the molecule is COc1ccc(C(O)CNc2ccc(F)cc2)cc1OC. The molecule has 0 saturated carbocycles. The Morgan fingerprint density at radius 2 is 1.71 bits per heavy atom. The first kappa shape index (κ1) is 15.1. The van der Waals surface area contributed by atoms with Gasteiger partial charge in [-0.2, -0.15) is 0 Å². The van der Waals surface area contributed by atoms with Crippen molar-refractivity contribution in [2.24, 2.45) is 0 Å². The Kier molecular flexibility index (Phi) is 5.00. The normalized spacial score (nSPS) is 11.8.